The van der Waals surface area contributed by atoms with Crippen LogP contribution in [0.4, 0.5) is 0 Å². The van der Waals surface area contributed by atoms with Crippen molar-refractivity contribution in [1.82, 2.24) is 0 Å². The van der Waals surface area contributed by atoms with Gasteiger partial charge in [0.1, 0.15) is 5.76 Å². The molecule has 112 valence electrons. The fraction of sp³-hybridized carbons (Fsp3) is 0.556. The molecule has 0 fully saturated rings. The Morgan fingerprint density at radius 2 is 1.85 bits per heavy atom. The molecule has 0 aromatic carbocycles. The number of hydrogen-bond donors (Lipinski definition) is 1. The Hall–Kier alpha value is -1.28. The lowest BCUT2D eigenvalue weighted by Crippen LogP contribution is -1.86. The van der Waals surface area contributed by atoms with Crippen LogP contribution >= 0.6 is 0 Å². The molecule has 0 spiro atoms. The number of aryl methyl sites for hydroxylation is 2. The second kappa shape index (κ2) is 9.60. The highest BCUT2D eigenvalue weighted by molar-refractivity contribution is 5.16. The third-order valence-electron chi connectivity index (χ3n) is 3.63. The van der Waals surface area contributed by atoms with Gasteiger partial charge in [-0.05, 0) is 70.9 Å². The van der Waals surface area contributed by atoms with Gasteiger partial charge in [-0.3, -0.25) is 0 Å². The standard InChI is InChI=1S/C18H28O2/c1-15(7-4-8-16(2)10-6-13-19)9-5-11-18-12-14-20-17(18)3/h8-9,12,14,19H,4-7,10-11,13H2,1-3H3/b15-9+,16-8+. The van der Waals surface area contributed by atoms with Crippen LogP contribution in [0.1, 0.15) is 57.3 Å². The molecule has 0 bridgehead atoms. The fourth-order valence-corrected chi connectivity index (χ4v) is 2.25. The number of aliphatic hydroxyl groups is 1. The van der Waals surface area contributed by atoms with E-state index >= 15 is 0 Å². The molecule has 0 saturated heterocycles. The summed E-state index contributed by atoms with van der Waals surface area (Å²) in [6.45, 7) is 6.67. The molecule has 0 aliphatic rings. The van der Waals surface area contributed by atoms with Gasteiger partial charge in [0, 0.05) is 6.61 Å². The molecule has 1 aromatic heterocycles. The summed E-state index contributed by atoms with van der Waals surface area (Å²) < 4.78 is 5.30. The van der Waals surface area contributed by atoms with Crippen LogP contribution in [-0.2, 0) is 6.42 Å². The lowest BCUT2D eigenvalue weighted by molar-refractivity contribution is 0.288. The van der Waals surface area contributed by atoms with Gasteiger partial charge in [-0.2, -0.15) is 0 Å². The molecule has 0 atom stereocenters. The van der Waals surface area contributed by atoms with Gasteiger partial charge in [-0.15, -0.1) is 0 Å². The molecule has 1 rings (SSSR count). The van der Waals surface area contributed by atoms with Crippen molar-refractivity contribution in [2.75, 3.05) is 6.61 Å². The summed E-state index contributed by atoms with van der Waals surface area (Å²) in [7, 11) is 0. The molecule has 1 aromatic rings. The van der Waals surface area contributed by atoms with Crippen LogP contribution in [0.2, 0.25) is 0 Å². The van der Waals surface area contributed by atoms with Gasteiger partial charge in [0.25, 0.3) is 0 Å². The van der Waals surface area contributed by atoms with Crippen LogP contribution in [0.3, 0.4) is 0 Å². The summed E-state index contributed by atoms with van der Waals surface area (Å²) in [6.07, 6.45) is 12.7. The maximum absolute atomic E-state index is 8.78. The Bertz CT molecular complexity index is 438. The number of aliphatic hydroxyl groups excluding tert-OH is 1. The van der Waals surface area contributed by atoms with E-state index < -0.39 is 0 Å². The van der Waals surface area contributed by atoms with Crippen LogP contribution in [0, 0.1) is 6.92 Å². The Labute approximate surface area is 123 Å². The van der Waals surface area contributed by atoms with E-state index in [1.54, 1.807) is 6.26 Å². The van der Waals surface area contributed by atoms with Gasteiger partial charge in [0.2, 0.25) is 0 Å². The highest BCUT2D eigenvalue weighted by Gasteiger charge is 1.99. The van der Waals surface area contributed by atoms with Gasteiger partial charge >= 0.3 is 0 Å². The normalized spacial score (nSPS) is 13.0. The van der Waals surface area contributed by atoms with Crippen molar-refractivity contribution < 1.29 is 9.52 Å². The Morgan fingerprint density at radius 3 is 2.50 bits per heavy atom. The van der Waals surface area contributed by atoms with E-state index in [0.29, 0.717) is 0 Å². The van der Waals surface area contributed by atoms with E-state index in [4.69, 9.17) is 9.52 Å². The minimum absolute atomic E-state index is 0.289. The average Bonchev–Trinajstić information content (AvgIpc) is 2.82. The lowest BCUT2D eigenvalue weighted by atomic mass is 10.0. The van der Waals surface area contributed by atoms with E-state index in [1.165, 1.54) is 16.7 Å². The number of rotatable bonds is 9. The molecule has 0 radical (unpaired) electrons. The SMILES string of the molecule is C/C(=C\CCc1ccoc1C)CC/C=C(\C)CCCO. The number of furan rings is 1. The summed E-state index contributed by atoms with van der Waals surface area (Å²) in [5.74, 6) is 1.04. The van der Waals surface area contributed by atoms with E-state index in [2.05, 4.69) is 32.1 Å². The van der Waals surface area contributed by atoms with Crippen LogP contribution in [0.25, 0.3) is 0 Å². The average molecular weight is 276 g/mol. The van der Waals surface area contributed by atoms with Crippen LogP contribution in [0.15, 0.2) is 40.0 Å². The zero-order valence-corrected chi connectivity index (χ0v) is 13.1. The Balaban J connectivity index is 2.23. The molecule has 2 heteroatoms. The second-order valence-electron chi connectivity index (χ2n) is 5.51. The third kappa shape index (κ3) is 6.76. The topological polar surface area (TPSA) is 33.4 Å². The van der Waals surface area contributed by atoms with Crippen molar-refractivity contribution in [3.05, 3.63) is 47.0 Å². The molecule has 0 saturated carbocycles. The van der Waals surface area contributed by atoms with E-state index in [9.17, 15) is 0 Å². The Morgan fingerprint density at radius 1 is 1.15 bits per heavy atom. The second-order valence-corrected chi connectivity index (χ2v) is 5.51. The monoisotopic (exact) mass is 276 g/mol. The molecule has 0 unspecified atom stereocenters. The summed E-state index contributed by atoms with van der Waals surface area (Å²) in [5, 5.41) is 8.78. The maximum atomic E-state index is 8.78. The Kier molecular flexibility index (Phi) is 8.05. The molecular formula is C18H28O2. The summed E-state index contributed by atoms with van der Waals surface area (Å²) in [5.41, 5.74) is 4.16. The third-order valence-corrected chi connectivity index (χ3v) is 3.63. The molecule has 1 heterocycles. The zero-order chi connectivity index (χ0) is 14.8. The summed E-state index contributed by atoms with van der Waals surface area (Å²) >= 11 is 0. The highest BCUT2D eigenvalue weighted by Crippen LogP contribution is 2.14. The first-order chi connectivity index (χ1) is 9.63. The molecular weight excluding hydrogens is 248 g/mol. The van der Waals surface area contributed by atoms with E-state index in [-0.39, 0.29) is 6.61 Å². The lowest BCUT2D eigenvalue weighted by Gasteiger charge is -2.02. The quantitative estimate of drug-likeness (QED) is 0.646. The van der Waals surface area contributed by atoms with Crippen LogP contribution in [-0.4, -0.2) is 11.7 Å². The molecule has 0 amide bonds. The molecule has 0 aliphatic carbocycles. The van der Waals surface area contributed by atoms with Crippen molar-refractivity contribution in [3.8, 4) is 0 Å². The first-order valence-electron chi connectivity index (χ1n) is 7.58. The van der Waals surface area contributed by atoms with Gasteiger partial charge in [0.05, 0.1) is 6.26 Å². The predicted molar refractivity (Wildman–Crippen MR) is 84.8 cm³/mol. The van der Waals surface area contributed by atoms with Crippen molar-refractivity contribution >= 4 is 0 Å². The van der Waals surface area contributed by atoms with E-state index in [0.717, 1.165) is 44.3 Å². The van der Waals surface area contributed by atoms with Gasteiger partial charge in [-0.1, -0.05) is 23.3 Å². The molecule has 20 heavy (non-hydrogen) atoms. The smallest absolute Gasteiger partial charge is 0.103 e. The minimum Gasteiger partial charge on any atom is -0.469 e. The number of hydrogen-bond acceptors (Lipinski definition) is 2. The van der Waals surface area contributed by atoms with Gasteiger partial charge in [0.15, 0.2) is 0 Å². The molecule has 0 aliphatic heterocycles. The van der Waals surface area contributed by atoms with Crippen LogP contribution < -0.4 is 0 Å². The zero-order valence-electron chi connectivity index (χ0n) is 13.1. The van der Waals surface area contributed by atoms with E-state index in [1.807, 2.05) is 6.92 Å². The predicted octanol–water partition coefficient (Wildman–Crippen LogP) is 4.97. The molecule has 1 N–H and O–H groups in total. The largest absolute Gasteiger partial charge is 0.469 e. The van der Waals surface area contributed by atoms with Crippen molar-refractivity contribution in [2.45, 2.75) is 59.3 Å². The fourth-order valence-electron chi connectivity index (χ4n) is 2.25. The van der Waals surface area contributed by atoms with Crippen molar-refractivity contribution in [3.63, 3.8) is 0 Å². The number of allylic oxidation sites excluding steroid dienone is 4. The summed E-state index contributed by atoms with van der Waals surface area (Å²) in [6, 6.07) is 2.06. The minimum atomic E-state index is 0.289. The molecule has 2 nitrogen and oxygen atoms in total. The first-order valence-corrected chi connectivity index (χ1v) is 7.58. The van der Waals surface area contributed by atoms with Crippen LogP contribution in [0.5, 0.6) is 0 Å². The van der Waals surface area contributed by atoms with Crippen molar-refractivity contribution in [2.24, 2.45) is 0 Å². The van der Waals surface area contributed by atoms with Gasteiger partial charge in [-0.25, -0.2) is 0 Å². The highest BCUT2D eigenvalue weighted by atomic mass is 16.3. The van der Waals surface area contributed by atoms with Gasteiger partial charge < -0.3 is 9.52 Å². The maximum Gasteiger partial charge on any atom is 0.103 e. The van der Waals surface area contributed by atoms with Crippen molar-refractivity contribution in [1.29, 1.82) is 0 Å². The first kappa shape index (κ1) is 16.8. The summed E-state index contributed by atoms with van der Waals surface area (Å²) in [4.78, 5) is 0.